The predicted octanol–water partition coefficient (Wildman–Crippen LogP) is 3.26. The average molecular weight is 359 g/mol. The van der Waals surface area contributed by atoms with E-state index in [9.17, 15) is 4.79 Å². The number of aliphatic carboxylic acids is 1. The van der Waals surface area contributed by atoms with Gasteiger partial charge in [0, 0.05) is 0 Å². The van der Waals surface area contributed by atoms with Crippen LogP contribution in [0, 0.1) is 0 Å². The summed E-state index contributed by atoms with van der Waals surface area (Å²) < 4.78 is 0. The number of rotatable bonds is 6. The summed E-state index contributed by atoms with van der Waals surface area (Å²) in [6.45, 7) is 0. The molecule has 3 aromatic rings. The first-order valence-corrected chi connectivity index (χ1v) is 8.57. The lowest BCUT2D eigenvalue weighted by Gasteiger charge is -2.06. The standard InChI is InChI=1S/C22H21N3O2/c23-21(22(26)27)13-17-5-2-15(3-6-17)1-4-16-7-9-20-12-18(14-25-24)8-10-19(20)11-16/h1-12,14,21H,13,23-24H2,(H,26,27)/t21-/m0/s1. The first-order chi connectivity index (χ1) is 13.0. The SMILES string of the molecule is NN=Cc1ccc2cc(C=Cc3ccc(C[C@H](N)C(=O)O)cc3)ccc2c1. The molecule has 0 bridgehead atoms. The fourth-order valence-corrected chi connectivity index (χ4v) is 2.85. The van der Waals surface area contributed by atoms with Gasteiger partial charge >= 0.3 is 5.97 Å². The number of fused-ring (bicyclic) bond motifs is 1. The lowest BCUT2D eigenvalue weighted by Crippen LogP contribution is -2.32. The van der Waals surface area contributed by atoms with Crippen molar-refractivity contribution in [3.8, 4) is 0 Å². The van der Waals surface area contributed by atoms with E-state index in [2.05, 4.69) is 23.3 Å². The second kappa shape index (κ2) is 8.29. The van der Waals surface area contributed by atoms with E-state index >= 15 is 0 Å². The normalized spacial score (nSPS) is 12.8. The number of carboxylic acids is 1. The van der Waals surface area contributed by atoms with Crippen LogP contribution in [0.15, 0.2) is 65.8 Å². The molecule has 3 rings (SSSR count). The molecule has 3 aromatic carbocycles. The van der Waals surface area contributed by atoms with Gasteiger partial charge in [-0.1, -0.05) is 60.7 Å². The molecule has 0 aromatic heterocycles. The maximum Gasteiger partial charge on any atom is 0.320 e. The highest BCUT2D eigenvalue weighted by molar-refractivity contribution is 5.91. The Bertz CT molecular complexity index is 1010. The fourth-order valence-electron chi connectivity index (χ4n) is 2.85. The minimum absolute atomic E-state index is 0.320. The Labute approximate surface area is 157 Å². The summed E-state index contributed by atoms with van der Waals surface area (Å²) in [6.07, 6.45) is 6.02. The van der Waals surface area contributed by atoms with Gasteiger partial charge < -0.3 is 16.7 Å². The molecule has 5 heteroatoms. The summed E-state index contributed by atoms with van der Waals surface area (Å²) >= 11 is 0. The summed E-state index contributed by atoms with van der Waals surface area (Å²) in [6, 6.07) is 19.2. The largest absolute Gasteiger partial charge is 0.480 e. The van der Waals surface area contributed by atoms with Crippen LogP contribution in [0.3, 0.4) is 0 Å². The maximum atomic E-state index is 10.8. The van der Waals surface area contributed by atoms with Crippen molar-refractivity contribution in [2.45, 2.75) is 12.5 Å². The van der Waals surface area contributed by atoms with Crippen molar-refractivity contribution in [2.24, 2.45) is 16.7 Å². The number of hydrogen-bond acceptors (Lipinski definition) is 4. The lowest BCUT2D eigenvalue weighted by atomic mass is 10.0. The van der Waals surface area contributed by atoms with E-state index in [4.69, 9.17) is 16.7 Å². The first kappa shape index (κ1) is 18.4. The minimum atomic E-state index is -0.988. The molecule has 136 valence electrons. The van der Waals surface area contributed by atoms with Gasteiger partial charge in [-0.25, -0.2) is 0 Å². The number of nitrogens with two attached hydrogens (primary N) is 2. The van der Waals surface area contributed by atoms with Crippen LogP contribution in [0.25, 0.3) is 22.9 Å². The number of benzene rings is 3. The van der Waals surface area contributed by atoms with Crippen LogP contribution in [0.2, 0.25) is 0 Å². The lowest BCUT2D eigenvalue weighted by molar-refractivity contribution is -0.138. The number of carboxylic acid groups (broad SMARTS) is 1. The zero-order valence-electron chi connectivity index (χ0n) is 14.7. The van der Waals surface area contributed by atoms with Crippen molar-refractivity contribution in [3.63, 3.8) is 0 Å². The quantitative estimate of drug-likeness (QED) is 0.272. The van der Waals surface area contributed by atoms with E-state index in [0.29, 0.717) is 6.42 Å². The van der Waals surface area contributed by atoms with Gasteiger partial charge in [-0.05, 0) is 51.6 Å². The highest BCUT2D eigenvalue weighted by Gasteiger charge is 2.11. The van der Waals surface area contributed by atoms with Crippen LogP contribution < -0.4 is 11.6 Å². The Morgan fingerprint density at radius 1 is 0.926 bits per heavy atom. The third kappa shape index (κ3) is 4.80. The molecule has 0 radical (unpaired) electrons. The molecule has 0 unspecified atom stereocenters. The number of hydrazone groups is 1. The van der Waals surface area contributed by atoms with Crippen LogP contribution in [0.1, 0.15) is 22.3 Å². The van der Waals surface area contributed by atoms with Gasteiger partial charge in [0.05, 0.1) is 6.21 Å². The van der Waals surface area contributed by atoms with Crippen LogP contribution in [-0.4, -0.2) is 23.3 Å². The van der Waals surface area contributed by atoms with Crippen LogP contribution in [0.4, 0.5) is 0 Å². The second-order valence-electron chi connectivity index (χ2n) is 6.37. The molecule has 5 nitrogen and oxygen atoms in total. The molecule has 0 spiro atoms. The van der Waals surface area contributed by atoms with Crippen molar-refractivity contribution in [1.82, 2.24) is 0 Å². The van der Waals surface area contributed by atoms with Crippen molar-refractivity contribution in [2.75, 3.05) is 0 Å². The molecular formula is C22H21N3O2. The molecule has 0 amide bonds. The van der Waals surface area contributed by atoms with Crippen molar-refractivity contribution in [3.05, 3.63) is 82.9 Å². The van der Waals surface area contributed by atoms with Crippen molar-refractivity contribution >= 4 is 35.1 Å². The third-order valence-corrected chi connectivity index (χ3v) is 4.33. The van der Waals surface area contributed by atoms with Gasteiger partial charge in [0.1, 0.15) is 6.04 Å². The number of nitrogens with zero attached hydrogens (tertiary/aromatic N) is 1. The molecular weight excluding hydrogens is 338 g/mol. The van der Waals surface area contributed by atoms with E-state index in [1.54, 1.807) is 6.21 Å². The zero-order chi connectivity index (χ0) is 19.2. The van der Waals surface area contributed by atoms with E-state index in [1.165, 1.54) is 0 Å². The monoisotopic (exact) mass is 359 g/mol. The molecule has 0 fully saturated rings. The van der Waals surface area contributed by atoms with Gasteiger partial charge in [-0.15, -0.1) is 0 Å². The number of carbonyl (C=O) groups is 1. The summed E-state index contributed by atoms with van der Waals surface area (Å²) in [7, 11) is 0. The molecule has 5 N–H and O–H groups in total. The Morgan fingerprint density at radius 3 is 2.11 bits per heavy atom. The highest BCUT2D eigenvalue weighted by Crippen LogP contribution is 2.19. The van der Waals surface area contributed by atoms with Gasteiger partial charge in [0.15, 0.2) is 0 Å². The second-order valence-corrected chi connectivity index (χ2v) is 6.37. The zero-order valence-corrected chi connectivity index (χ0v) is 14.7. The van der Waals surface area contributed by atoms with E-state index in [-0.39, 0.29) is 0 Å². The van der Waals surface area contributed by atoms with Crippen molar-refractivity contribution < 1.29 is 9.90 Å². The molecule has 0 aliphatic carbocycles. The molecule has 0 aliphatic heterocycles. The Hall–Kier alpha value is -3.44. The van der Waals surface area contributed by atoms with Gasteiger partial charge in [0.25, 0.3) is 0 Å². The summed E-state index contributed by atoms with van der Waals surface area (Å²) in [5.74, 6) is 4.21. The third-order valence-electron chi connectivity index (χ3n) is 4.33. The van der Waals surface area contributed by atoms with Gasteiger partial charge in [-0.3, -0.25) is 4.79 Å². The molecule has 1 atom stereocenters. The van der Waals surface area contributed by atoms with Crippen LogP contribution >= 0.6 is 0 Å². The molecule has 0 saturated carbocycles. The summed E-state index contributed by atoms with van der Waals surface area (Å²) in [5.41, 5.74) is 9.58. The Morgan fingerprint density at radius 2 is 1.48 bits per heavy atom. The molecule has 0 aliphatic rings. The first-order valence-electron chi connectivity index (χ1n) is 8.57. The molecule has 0 heterocycles. The van der Waals surface area contributed by atoms with E-state index in [1.807, 2.05) is 54.6 Å². The topological polar surface area (TPSA) is 102 Å². The average Bonchev–Trinajstić information content (AvgIpc) is 2.67. The summed E-state index contributed by atoms with van der Waals surface area (Å²) in [4.78, 5) is 10.8. The van der Waals surface area contributed by atoms with E-state index < -0.39 is 12.0 Å². The summed E-state index contributed by atoms with van der Waals surface area (Å²) in [5, 5.41) is 14.7. The Balaban J connectivity index is 1.73. The predicted molar refractivity (Wildman–Crippen MR) is 110 cm³/mol. The van der Waals surface area contributed by atoms with Crippen LogP contribution in [0.5, 0.6) is 0 Å². The van der Waals surface area contributed by atoms with E-state index in [0.717, 1.165) is 33.0 Å². The van der Waals surface area contributed by atoms with Gasteiger partial charge in [0.2, 0.25) is 0 Å². The maximum absolute atomic E-state index is 10.8. The fraction of sp³-hybridized carbons (Fsp3) is 0.0909. The Kier molecular flexibility index (Phi) is 5.64. The van der Waals surface area contributed by atoms with Gasteiger partial charge in [-0.2, -0.15) is 5.10 Å². The molecule has 27 heavy (non-hydrogen) atoms. The van der Waals surface area contributed by atoms with Crippen molar-refractivity contribution in [1.29, 1.82) is 0 Å². The smallest absolute Gasteiger partial charge is 0.320 e. The van der Waals surface area contributed by atoms with Crippen LogP contribution in [-0.2, 0) is 11.2 Å². The highest BCUT2D eigenvalue weighted by atomic mass is 16.4. The molecule has 0 saturated heterocycles. The minimum Gasteiger partial charge on any atom is -0.480 e. The number of hydrogen-bond donors (Lipinski definition) is 3.